The van der Waals surface area contributed by atoms with Crippen molar-refractivity contribution in [1.29, 1.82) is 0 Å². The molecule has 5 nitrogen and oxygen atoms in total. The number of hydrogen-bond donors (Lipinski definition) is 1. The Bertz CT molecular complexity index is 739. The number of ether oxygens (including phenoxy) is 2. The number of carbonyl (C=O) groups is 1. The number of nitrogens with one attached hydrogen (secondary N) is 1. The fourth-order valence-electron chi connectivity index (χ4n) is 3.10. The monoisotopic (exact) mass is 340 g/mol. The van der Waals surface area contributed by atoms with E-state index in [1.807, 2.05) is 42.5 Å². The van der Waals surface area contributed by atoms with Gasteiger partial charge in [0.25, 0.3) is 0 Å². The molecule has 25 heavy (non-hydrogen) atoms. The number of methoxy groups -OCH3 is 1. The van der Waals surface area contributed by atoms with Crippen molar-refractivity contribution in [3.8, 4) is 17.2 Å². The molecule has 1 aliphatic heterocycles. The van der Waals surface area contributed by atoms with Crippen molar-refractivity contribution < 1.29 is 14.3 Å². The largest absolute Gasteiger partial charge is 0.496 e. The van der Waals surface area contributed by atoms with Crippen molar-refractivity contribution in [2.75, 3.05) is 25.5 Å². The van der Waals surface area contributed by atoms with Gasteiger partial charge in [-0.05, 0) is 56.3 Å². The van der Waals surface area contributed by atoms with Crippen molar-refractivity contribution in [1.82, 2.24) is 4.90 Å². The van der Waals surface area contributed by atoms with Crippen LogP contribution in [0.25, 0.3) is 0 Å². The maximum Gasteiger partial charge on any atom is 0.221 e. The minimum Gasteiger partial charge on any atom is -0.496 e. The molecule has 1 aliphatic rings. The normalized spacial score (nSPS) is 14.3. The van der Waals surface area contributed by atoms with E-state index in [9.17, 15) is 4.79 Å². The number of likely N-dealkylation sites (tertiary alicyclic amines) is 1. The highest BCUT2D eigenvalue weighted by atomic mass is 16.5. The molecule has 0 unspecified atom stereocenters. The number of amides is 1. The molecule has 2 aromatic rings. The third-order valence-electron chi connectivity index (χ3n) is 4.23. The fraction of sp³-hybridized carbons (Fsp3) is 0.350. The lowest BCUT2D eigenvalue weighted by Gasteiger charge is -2.18. The summed E-state index contributed by atoms with van der Waals surface area (Å²) in [6.45, 7) is 4.62. The van der Waals surface area contributed by atoms with Gasteiger partial charge in [-0.1, -0.05) is 6.07 Å². The van der Waals surface area contributed by atoms with Crippen LogP contribution in [0.2, 0.25) is 0 Å². The second-order valence-electron chi connectivity index (χ2n) is 6.27. The topological polar surface area (TPSA) is 50.8 Å². The Hall–Kier alpha value is -2.53. The Morgan fingerprint density at radius 2 is 1.88 bits per heavy atom. The third kappa shape index (κ3) is 4.73. The molecular weight excluding hydrogens is 316 g/mol. The standard InChI is InChI=1S/C20H24N2O3/c1-15(23)21-17-6-5-7-18(13-17)25-19-8-9-20(24-2)16(12-19)14-22-10-3-4-11-22/h5-9,12-13H,3-4,10-11,14H2,1-2H3,(H,21,23). The van der Waals surface area contributed by atoms with Gasteiger partial charge in [0.15, 0.2) is 0 Å². The first kappa shape index (κ1) is 17.3. The zero-order valence-corrected chi connectivity index (χ0v) is 14.7. The summed E-state index contributed by atoms with van der Waals surface area (Å²) < 4.78 is 11.5. The maximum absolute atomic E-state index is 11.2. The van der Waals surface area contributed by atoms with E-state index in [0.29, 0.717) is 5.75 Å². The van der Waals surface area contributed by atoms with E-state index in [1.165, 1.54) is 19.8 Å². The van der Waals surface area contributed by atoms with Crippen LogP contribution in [0.15, 0.2) is 42.5 Å². The number of benzene rings is 2. The molecule has 0 atom stereocenters. The zero-order valence-electron chi connectivity index (χ0n) is 14.7. The van der Waals surface area contributed by atoms with Crippen molar-refractivity contribution in [2.45, 2.75) is 26.3 Å². The Morgan fingerprint density at radius 1 is 1.12 bits per heavy atom. The number of rotatable bonds is 6. The summed E-state index contributed by atoms with van der Waals surface area (Å²) in [4.78, 5) is 13.6. The Kier molecular flexibility index (Phi) is 5.56. The SMILES string of the molecule is COc1ccc(Oc2cccc(NC(C)=O)c2)cc1CN1CCCC1. The summed E-state index contributed by atoms with van der Waals surface area (Å²) in [5.74, 6) is 2.22. The van der Waals surface area contributed by atoms with E-state index in [4.69, 9.17) is 9.47 Å². The lowest BCUT2D eigenvalue weighted by Crippen LogP contribution is -2.18. The average molecular weight is 340 g/mol. The summed E-state index contributed by atoms with van der Waals surface area (Å²) >= 11 is 0. The lowest BCUT2D eigenvalue weighted by molar-refractivity contribution is -0.114. The van der Waals surface area contributed by atoms with Gasteiger partial charge in [-0.15, -0.1) is 0 Å². The first-order chi connectivity index (χ1) is 12.1. The van der Waals surface area contributed by atoms with Crippen molar-refractivity contribution >= 4 is 11.6 Å². The second-order valence-corrected chi connectivity index (χ2v) is 6.27. The van der Waals surface area contributed by atoms with Gasteiger partial charge < -0.3 is 14.8 Å². The summed E-state index contributed by atoms with van der Waals surface area (Å²) in [7, 11) is 1.69. The molecule has 0 aliphatic carbocycles. The molecule has 1 N–H and O–H groups in total. The number of anilines is 1. The predicted molar refractivity (Wildman–Crippen MR) is 98.3 cm³/mol. The third-order valence-corrected chi connectivity index (χ3v) is 4.23. The Labute approximate surface area is 148 Å². The van der Waals surface area contributed by atoms with Gasteiger partial charge in [-0.25, -0.2) is 0 Å². The van der Waals surface area contributed by atoms with Crippen LogP contribution in [-0.2, 0) is 11.3 Å². The van der Waals surface area contributed by atoms with E-state index in [2.05, 4.69) is 10.2 Å². The van der Waals surface area contributed by atoms with Crippen LogP contribution >= 0.6 is 0 Å². The highest BCUT2D eigenvalue weighted by molar-refractivity contribution is 5.88. The summed E-state index contributed by atoms with van der Waals surface area (Å²) in [5, 5.41) is 2.76. The van der Waals surface area contributed by atoms with Gasteiger partial charge in [-0.2, -0.15) is 0 Å². The molecule has 1 saturated heterocycles. The second kappa shape index (κ2) is 8.03. The van der Waals surface area contributed by atoms with E-state index in [0.717, 1.165) is 42.4 Å². The first-order valence-corrected chi connectivity index (χ1v) is 8.59. The highest BCUT2D eigenvalue weighted by Crippen LogP contribution is 2.30. The summed E-state index contributed by atoms with van der Waals surface area (Å²) in [5.41, 5.74) is 1.84. The van der Waals surface area contributed by atoms with Gasteiger partial charge in [0.1, 0.15) is 17.2 Å². The maximum atomic E-state index is 11.2. The van der Waals surface area contributed by atoms with Crippen LogP contribution in [0, 0.1) is 0 Å². The van der Waals surface area contributed by atoms with Crippen LogP contribution in [-0.4, -0.2) is 31.0 Å². The summed E-state index contributed by atoms with van der Waals surface area (Å²) in [6.07, 6.45) is 2.52. The molecule has 1 heterocycles. The van der Waals surface area contributed by atoms with Gasteiger partial charge in [0, 0.05) is 30.8 Å². The quantitative estimate of drug-likeness (QED) is 0.862. The van der Waals surface area contributed by atoms with Gasteiger partial charge in [0.05, 0.1) is 7.11 Å². The summed E-state index contributed by atoms with van der Waals surface area (Å²) in [6, 6.07) is 13.2. The molecule has 132 valence electrons. The zero-order chi connectivity index (χ0) is 17.6. The Balaban J connectivity index is 1.76. The fourth-order valence-corrected chi connectivity index (χ4v) is 3.10. The van der Waals surface area contributed by atoms with Gasteiger partial charge in [-0.3, -0.25) is 9.69 Å². The molecule has 0 saturated carbocycles. The van der Waals surface area contributed by atoms with Gasteiger partial charge in [0.2, 0.25) is 5.91 Å². The molecule has 5 heteroatoms. The molecule has 0 spiro atoms. The number of carbonyl (C=O) groups excluding carboxylic acids is 1. The van der Waals surface area contributed by atoms with E-state index < -0.39 is 0 Å². The van der Waals surface area contributed by atoms with Crippen molar-refractivity contribution in [3.05, 3.63) is 48.0 Å². The first-order valence-electron chi connectivity index (χ1n) is 8.59. The average Bonchev–Trinajstić information content (AvgIpc) is 3.08. The van der Waals surface area contributed by atoms with Crippen LogP contribution in [0.4, 0.5) is 5.69 Å². The molecule has 2 aromatic carbocycles. The number of hydrogen-bond acceptors (Lipinski definition) is 4. The minimum atomic E-state index is -0.102. The molecule has 0 bridgehead atoms. The molecule has 1 fully saturated rings. The molecule has 0 radical (unpaired) electrons. The molecular formula is C20H24N2O3. The van der Waals surface area contributed by atoms with Crippen molar-refractivity contribution in [2.24, 2.45) is 0 Å². The van der Waals surface area contributed by atoms with Crippen molar-refractivity contribution in [3.63, 3.8) is 0 Å². The van der Waals surface area contributed by atoms with E-state index >= 15 is 0 Å². The van der Waals surface area contributed by atoms with Crippen LogP contribution in [0.5, 0.6) is 17.2 Å². The van der Waals surface area contributed by atoms with E-state index in [1.54, 1.807) is 7.11 Å². The van der Waals surface area contributed by atoms with Gasteiger partial charge >= 0.3 is 0 Å². The molecule has 3 rings (SSSR count). The molecule has 1 amide bonds. The Morgan fingerprint density at radius 3 is 2.60 bits per heavy atom. The smallest absolute Gasteiger partial charge is 0.221 e. The molecule has 0 aromatic heterocycles. The van der Waals surface area contributed by atoms with Crippen LogP contribution < -0.4 is 14.8 Å². The number of nitrogens with zero attached hydrogens (tertiary/aromatic N) is 1. The predicted octanol–water partition coefficient (Wildman–Crippen LogP) is 4.04. The van der Waals surface area contributed by atoms with Crippen LogP contribution in [0.3, 0.4) is 0 Å². The van der Waals surface area contributed by atoms with E-state index in [-0.39, 0.29) is 5.91 Å². The minimum absolute atomic E-state index is 0.102. The lowest BCUT2D eigenvalue weighted by atomic mass is 10.1. The van der Waals surface area contributed by atoms with Crippen LogP contribution in [0.1, 0.15) is 25.3 Å². The highest BCUT2D eigenvalue weighted by Gasteiger charge is 2.15.